The zero-order chi connectivity index (χ0) is 18.4. The molecule has 4 rings (SSSR count). The van der Waals surface area contributed by atoms with E-state index in [1.54, 1.807) is 19.1 Å². The predicted octanol–water partition coefficient (Wildman–Crippen LogP) is 4.46. The van der Waals surface area contributed by atoms with Crippen LogP contribution in [0.15, 0.2) is 36.4 Å². The molecule has 1 aliphatic carbocycles. The molecule has 1 aromatic heterocycles. The monoisotopic (exact) mass is 353 g/mol. The van der Waals surface area contributed by atoms with Gasteiger partial charge in [0.1, 0.15) is 11.6 Å². The molecule has 2 unspecified atom stereocenters. The Balaban J connectivity index is 1.80. The third-order valence-corrected chi connectivity index (χ3v) is 5.58. The Morgan fingerprint density at radius 1 is 1.27 bits per heavy atom. The minimum Gasteiger partial charge on any atom is -0.363 e. The Kier molecular flexibility index (Phi) is 4.17. The Bertz CT molecular complexity index is 849. The molecule has 0 spiro atoms. The van der Waals surface area contributed by atoms with Gasteiger partial charge in [-0.15, -0.1) is 0 Å². The minimum absolute atomic E-state index is 0.0220. The SMILES string of the molecule is CC(=O)N1c2ccc(F)cc2C(Nc2cccc(C)n2)[C@@H](C)C1C1CC1. The first-order valence-electron chi connectivity index (χ1n) is 9.25. The lowest BCUT2D eigenvalue weighted by molar-refractivity contribution is -0.117. The predicted molar refractivity (Wildman–Crippen MR) is 101 cm³/mol. The molecule has 2 heterocycles. The minimum atomic E-state index is -0.284. The highest BCUT2D eigenvalue weighted by Gasteiger charge is 2.47. The van der Waals surface area contributed by atoms with Crippen LogP contribution in [0, 0.1) is 24.6 Å². The molecule has 136 valence electrons. The van der Waals surface area contributed by atoms with Gasteiger partial charge in [-0.2, -0.15) is 0 Å². The van der Waals surface area contributed by atoms with Crippen molar-refractivity contribution in [1.29, 1.82) is 0 Å². The largest absolute Gasteiger partial charge is 0.363 e. The molecule has 5 heteroatoms. The van der Waals surface area contributed by atoms with E-state index in [1.807, 2.05) is 30.0 Å². The second-order valence-corrected chi connectivity index (χ2v) is 7.57. The Morgan fingerprint density at radius 2 is 2.04 bits per heavy atom. The molecule has 1 saturated carbocycles. The van der Waals surface area contributed by atoms with Gasteiger partial charge in [-0.25, -0.2) is 9.37 Å². The van der Waals surface area contributed by atoms with E-state index in [0.29, 0.717) is 5.92 Å². The maximum Gasteiger partial charge on any atom is 0.224 e. The molecule has 1 fully saturated rings. The van der Waals surface area contributed by atoms with Gasteiger partial charge in [-0.3, -0.25) is 4.79 Å². The molecule has 0 saturated heterocycles. The number of aromatic nitrogens is 1. The zero-order valence-electron chi connectivity index (χ0n) is 15.4. The van der Waals surface area contributed by atoms with Crippen LogP contribution in [-0.4, -0.2) is 16.9 Å². The van der Waals surface area contributed by atoms with Crippen molar-refractivity contribution in [1.82, 2.24) is 4.98 Å². The molecular weight excluding hydrogens is 329 g/mol. The molecule has 1 N–H and O–H groups in total. The average molecular weight is 353 g/mol. The molecule has 3 atom stereocenters. The van der Waals surface area contributed by atoms with Crippen LogP contribution in [-0.2, 0) is 4.79 Å². The van der Waals surface area contributed by atoms with Crippen LogP contribution in [0.2, 0.25) is 0 Å². The number of hydrogen-bond donors (Lipinski definition) is 1. The number of nitrogens with one attached hydrogen (secondary N) is 1. The van der Waals surface area contributed by atoms with Crippen molar-refractivity contribution in [3.8, 4) is 0 Å². The average Bonchev–Trinajstić information content (AvgIpc) is 3.41. The highest BCUT2D eigenvalue weighted by molar-refractivity contribution is 5.94. The van der Waals surface area contributed by atoms with Crippen molar-refractivity contribution in [2.24, 2.45) is 11.8 Å². The number of halogens is 1. The van der Waals surface area contributed by atoms with Crippen molar-refractivity contribution in [2.75, 3.05) is 10.2 Å². The number of carbonyl (C=O) groups excluding carboxylic acids is 1. The number of benzene rings is 1. The van der Waals surface area contributed by atoms with Gasteiger partial charge in [-0.1, -0.05) is 13.0 Å². The topological polar surface area (TPSA) is 45.2 Å². The maximum atomic E-state index is 14.0. The number of carbonyl (C=O) groups is 1. The van der Waals surface area contributed by atoms with Crippen molar-refractivity contribution < 1.29 is 9.18 Å². The second-order valence-electron chi connectivity index (χ2n) is 7.57. The van der Waals surface area contributed by atoms with Crippen LogP contribution in [0.1, 0.15) is 44.0 Å². The van der Waals surface area contributed by atoms with Gasteiger partial charge in [0.15, 0.2) is 0 Å². The van der Waals surface area contributed by atoms with Gasteiger partial charge in [0.2, 0.25) is 5.91 Å². The van der Waals surface area contributed by atoms with Crippen molar-refractivity contribution in [2.45, 2.75) is 45.7 Å². The Hall–Kier alpha value is -2.43. The van der Waals surface area contributed by atoms with Gasteiger partial charge < -0.3 is 10.2 Å². The molecule has 0 radical (unpaired) electrons. The van der Waals surface area contributed by atoms with Gasteiger partial charge in [-0.05, 0) is 56.0 Å². The fourth-order valence-corrected chi connectivity index (χ4v) is 4.32. The van der Waals surface area contributed by atoms with Crippen LogP contribution in [0.3, 0.4) is 0 Å². The van der Waals surface area contributed by atoms with Crippen LogP contribution in [0.25, 0.3) is 0 Å². The second kappa shape index (κ2) is 6.38. The van der Waals surface area contributed by atoms with Gasteiger partial charge in [0.25, 0.3) is 0 Å². The number of anilines is 2. The van der Waals surface area contributed by atoms with Crippen LogP contribution in [0.5, 0.6) is 0 Å². The van der Waals surface area contributed by atoms with Gasteiger partial charge in [0.05, 0.1) is 6.04 Å². The normalized spacial score (nSPS) is 24.9. The van der Waals surface area contributed by atoms with E-state index in [4.69, 9.17) is 0 Å². The lowest BCUT2D eigenvalue weighted by Crippen LogP contribution is -2.51. The van der Waals surface area contributed by atoms with Gasteiger partial charge >= 0.3 is 0 Å². The van der Waals surface area contributed by atoms with Crippen LogP contribution in [0.4, 0.5) is 15.9 Å². The number of pyridine rings is 1. The van der Waals surface area contributed by atoms with Crippen molar-refractivity contribution in [3.63, 3.8) is 0 Å². The molecule has 4 nitrogen and oxygen atoms in total. The number of fused-ring (bicyclic) bond motifs is 1. The number of aryl methyl sites for hydroxylation is 1. The summed E-state index contributed by atoms with van der Waals surface area (Å²) < 4.78 is 14.0. The Morgan fingerprint density at radius 3 is 2.69 bits per heavy atom. The highest BCUT2D eigenvalue weighted by Crippen LogP contribution is 2.50. The van der Waals surface area contributed by atoms with E-state index >= 15 is 0 Å². The standard InChI is InChI=1S/C21H24FN3O/c1-12-5-4-6-19(23-12)24-20-13(2)21(15-7-8-15)25(14(3)26)18-10-9-16(22)11-17(18)20/h4-6,9-11,13,15,20-21H,7-8H2,1-3H3,(H,23,24)/t13-,20?,21?/m1/s1. The van der Waals surface area contributed by atoms with E-state index in [-0.39, 0.29) is 29.7 Å². The molecular formula is C21H24FN3O. The van der Waals surface area contributed by atoms with Crippen LogP contribution < -0.4 is 10.2 Å². The fraction of sp³-hybridized carbons (Fsp3) is 0.429. The fourth-order valence-electron chi connectivity index (χ4n) is 4.32. The summed E-state index contributed by atoms with van der Waals surface area (Å²) in [5.41, 5.74) is 2.58. The highest BCUT2D eigenvalue weighted by atomic mass is 19.1. The molecule has 0 bridgehead atoms. The number of hydrogen-bond acceptors (Lipinski definition) is 3. The van der Waals surface area contributed by atoms with Crippen LogP contribution >= 0.6 is 0 Å². The quantitative estimate of drug-likeness (QED) is 0.886. The summed E-state index contributed by atoms with van der Waals surface area (Å²) in [7, 11) is 0. The Labute approximate surface area is 153 Å². The molecule has 1 aliphatic heterocycles. The number of nitrogens with zero attached hydrogens (tertiary/aromatic N) is 2. The first kappa shape index (κ1) is 17.0. The summed E-state index contributed by atoms with van der Waals surface area (Å²) in [5, 5.41) is 3.51. The van der Waals surface area contributed by atoms with E-state index in [1.165, 1.54) is 6.07 Å². The molecule has 1 aromatic carbocycles. The first-order chi connectivity index (χ1) is 12.5. The van der Waals surface area contributed by atoms with Crippen molar-refractivity contribution >= 4 is 17.4 Å². The number of rotatable bonds is 3. The zero-order valence-corrected chi connectivity index (χ0v) is 15.4. The maximum absolute atomic E-state index is 14.0. The summed E-state index contributed by atoms with van der Waals surface area (Å²) in [6.07, 6.45) is 2.29. The van der Waals surface area contributed by atoms with E-state index < -0.39 is 0 Å². The number of amides is 1. The summed E-state index contributed by atoms with van der Waals surface area (Å²) in [6.45, 7) is 5.71. The van der Waals surface area contributed by atoms with E-state index in [2.05, 4.69) is 17.2 Å². The summed E-state index contributed by atoms with van der Waals surface area (Å²) in [6, 6.07) is 10.6. The third-order valence-electron chi connectivity index (χ3n) is 5.58. The summed E-state index contributed by atoms with van der Waals surface area (Å²) >= 11 is 0. The summed E-state index contributed by atoms with van der Waals surface area (Å²) in [5.74, 6) is 1.19. The molecule has 2 aliphatic rings. The van der Waals surface area contributed by atoms with E-state index in [9.17, 15) is 9.18 Å². The lowest BCUT2D eigenvalue weighted by atomic mass is 9.80. The smallest absolute Gasteiger partial charge is 0.224 e. The molecule has 2 aromatic rings. The first-order valence-corrected chi connectivity index (χ1v) is 9.25. The summed E-state index contributed by atoms with van der Waals surface area (Å²) in [4.78, 5) is 18.9. The molecule has 26 heavy (non-hydrogen) atoms. The van der Waals surface area contributed by atoms with Gasteiger partial charge in [0, 0.05) is 35.8 Å². The van der Waals surface area contributed by atoms with E-state index in [0.717, 1.165) is 35.6 Å². The van der Waals surface area contributed by atoms with Crippen molar-refractivity contribution in [3.05, 3.63) is 53.5 Å². The molecule has 1 amide bonds. The third kappa shape index (κ3) is 2.96. The lowest BCUT2D eigenvalue weighted by Gasteiger charge is -2.45.